The maximum Gasteiger partial charge on any atom is 0.0799 e. The summed E-state index contributed by atoms with van der Waals surface area (Å²) in [5, 5.41) is 1.46. The molecule has 1 nitrogen and oxygen atoms in total. The van der Waals surface area contributed by atoms with Gasteiger partial charge in [0.25, 0.3) is 0 Å². The minimum atomic E-state index is -1.46. The third kappa shape index (κ3) is 4.75. The van der Waals surface area contributed by atoms with Crippen molar-refractivity contribution in [2.45, 2.75) is 52.2 Å². The van der Waals surface area contributed by atoms with Crippen molar-refractivity contribution in [1.29, 1.82) is 0 Å². The van der Waals surface area contributed by atoms with E-state index >= 15 is 0 Å². The predicted molar refractivity (Wildman–Crippen MR) is 121 cm³/mol. The van der Waals surface area contributed by atoms with Crippen LogP contribution in [-0.4, -0.2) is 13.1 Å². The van der Waals surface area contributed by atoms with Gasteiger partial charge in [-0.15, -0.1) is 0 Å². The summed E-state index contributed by atoms with van der Waals surface area (Å²) in [5.41, 5.74) is 6.55. The SMILES string of the molecule is CC(C)(C)c1cccc(-c2cc(Cc3ccccc3)c([Si](C)(C)C)cn2)c1. The molecule has 0 fully saturated rings. The molecule has 1 aromatic heterocycles. The highest BCUT2D eigenvalue weighted by Crippen LogP contribution is 2.27. The molecular formula is C25H31NSi. The zero-order valence-electron chi connectivity index (χ0n) is 17.5. The van der Waals surface area contributed by atoms with Crippen LogP contribution in [0.25, 0.3) is 11.3 Å². The van der Waals surface area contributed by atoms with Crippen LogP contribution in [0, 0.1) is 0 Å². The van der Waals surface area contributed by atoms with Gasteiger partial charge in [0.15, 0.2) is 0 Å². The lowest BCUT2D eigenvalue weighted by Gasteiger charge is -2.22. The number of nitrogens with zero attached hydrogens (tertiary/aromatic N) is 1. The zero-order valence-corrected chi connectivity index (χ0v) is 18.5. The van der Waals surface area contributed by atoms with Crippen LogP contribution in [0.2, 0.25) is 19.6 Å². The standard InChI is InChI=1S/C25H31NSi/c1-25(2,3)22-14-10-13-20(16-22)23-17-21(15-19-11-8-7-9-12-19)24(18-26-23)27(4,5)6/h7-14,16-18H,15H2,1-6H3. The first kappa shape index (κ1) is 19.6. The van der Waals surface area contributed by atoms with Gasteiger partial charge in [0.2, 0.25) is 0 Å². The van der Waals surface area contributed by atoms with E-state index in [2.05, 4.69) is 107 Å². The van der Waals surface area contributed by atoms with Crippen molar-refractivity contribution in [3.05, 3.63) is 83.6 Å². The fourth-order valence-corrected chi connectivity index (χ4v) is 5.01. The maximum atomic E-state index is 4.88. The molecule has 0 unspecified atom stereocenters. The van der Waals surface area contributed by atoms with Gasteiger partial charge in [-0.05, 0) is 45.8 Å². The third-order valence-corrected chi connectivity index (χ3v) is 7.13. The number of benzene rings is 2. The van der Waals surface area contributed by atoms with Crippen molar-refractivity contribution >= 4 is 13.3 Å². The smallest absolute Gasteiger partial charge is 0.0799 e. The minimum Gasteiger partial charge on any atom is -0.256 e. The molecule has 0 spiro atoms. The molecule has 0 aliphatic rings. The summed E-state index contributed by atoms with van der Waals surface area (Å²) >= 11 is 0. The van der Waals surface area contributed by atoms with E-state index in [1.807, 2.05) is 0 Å². The van der Waals surface area contributed by atoms with Crippen molar-refractivity contribution < 1.29 is 0 Å². The summed E-state index contributed by atoms with van der Waals surface area (Å²) in [5.74, 6) is 0. The lowest BCUT2D eigenvalue weighted by molar-refractivity contribution is 0.590. The number of aromatic nitrogens is 1. The molecule has 0 aliphatic carbocycles. The lowest BCUT2D eigenvalue weighted by atomic mass is 9.86. The monoisotopic (exact) mass is 373 g/mol. The molecule has 0 aliphatic heterocycles. The molecule has 0 amide bonds. The molecule has 0 saturated heterocycles. The van der Waals surface area contributed by atoms with Gasteiger partial charge in [0.05, 0.1) is 13.8 Å². The van der Waals surface area contributed by atoms with Crippen molar-refractivity contribution in [3.8, 4) is 11.3 Å². The number of hydrogen-bond acceptors (Lipinski definition) is 1. The first-order valence-electron chi connectivity index (χ1n) is 9.79. The van der Waals surface area contributed by atoms with E-state index < -0.39 is 8.07 Å². The number of pyridine rings is 1. The van der Waals surface area contributed by atoms with E-state index in [1.165, 1.54) is 27.4 Å². The van der Waals surface area contributed by atoms with Gasteiger partial charge in [0, 0.05) is 11.8 Å². The Hall–Kier alpha value is -2.19. The van der Waals surface area contributed by atoms with E-state index in [-0.39, 0.29) is 5.41 Å². The molecule has 0 N–H and O–H groups in total. The molecule has 2 heteroatoms. The highest BCUT2D eigenvalue weighted by molar-refractivity contribution is 6.89. The van der Waals surface area contributed by atoms with E-state index in [0.717, 1.165) is 12.1 Å². The van der Waals surface area contributed by atoms with E-state index in [0.29, 0.717) is 0 Å². The Morgan fingerprint density at radius 2 is 1.56 bits per heavy atom. The van der Waals surface area contributed by atoms with Crippen LogP contribution >= 0.6 is 0 Å². The van der Waals surface area contributed by atoms with Gasteiger partial charge in [-0.2, -0.15) is 0 Å². The third-order valence-electron chi connectivity index (χ3n) is 5.06. The van der Waals surface area contributed by atoms with Crippen LogP contribution in [0.5, 0.6) is 0 Å². The Kier molecular flexibility index (Phi) is 5.39. The highest BCUT2D eigenvalue weighted by atomic mass is 28.3. The molecule has 2 aromatic carbocycles. The van der Waals surface area contributed by atoms with Crippen LogP contribution in [0.4, 0.5) is 0 Å². The average molecular weight is 374 g/mol. The van der Waals surface area contributed by atoms with Crippen molar-refractivity contribution in [2.24, 2.45) is 0 Å². The Morgan fingerprint density at radius 3 is 2.19 bits per heavy atom. The second-order valence-corrected chi connectivity index (χ2v) is 14.5. The summed E-state index contributed by atoms with van der Waals surface area (Å²) in [6.45, 7) is 14.0. The Balaban J connectivity index is 2.07. The van der Waals surface area contributed by atoms with Crippen LogP contribution in [0.3, 0.4) is 0 Å². The van der Waals surface area contributed by atoms with E-state index in [4.69, 9.17) is 4.98 Å². The van der Waals surface area contributed by atoms with Crippen molar-refractivity contribution in [3.63, 3.8) is 0 Å². The summed E-state index contributed by atoms with van der Waals surface area (Å²) in [6.07, 6.45) is 3.11. The van der Waals surface area contributed by atoms with E-state index in [1.54, 1.807) is 0 Å². The van der Waals surface area contributed by atoms with Crippen molar-refractivity contribution in [1.82, 2.24) is 4.98 Å². The molecule has 0 bridgehead atoms. The summed E-state index contributed by atoms with van der Waals surface area (Å²) < 4.78 is 0. The number of rotatable bonds is 4. The Bertz CT molecular complexity index is 915. The summed E-state index contributed by atoms with van der Waals surface area (Å²) in [7, 11) is -1.46. The molecule has 1 heterocycles. The van der Waals surface area contributed by atoms with Crippen LogP contribution in [0.1, 0.15) is 37.5 Å². The fourth-order valence-electron chi connectivity index (χ4n) is 3.44. The number of hydrogen-bond donors (Lipinski definition) is 0. The summed E-state index contributed by atoms with van der Waals surface area (Å²) in [6, 6.07) is 21.9. The summed E-state index contributed by atoms with van der Waals surface area (Å²) in [4.78, 5) is 4.88. The van der Waals surface area contributed by atoms with Gasteiger partial charge in [-0.25, -0.2) is 0 Å². The van der Waals surface area contributed by atoms with Crippen LogP contribution in [-0.2, 0) is 11.8 Å². The second-order valence-electron chi connectivity index (χ2n) is 9.47. The quantitative estimate of drug-likeness (QED) is 0.497. The normalized spacial score (nSPS) is 12.2. The highest BCUT2D eigenvalue weighted by Gasteiger charge is 2.22. The predicted octanol–water partition coefficient (Wildman–Crippen LogP) is 6.18. The molecule has 27 heavy (non-hydrogen) atoms. The molecule has 0 atom stereocenters. The Labute approximate surface area is 165 Å². The molecule has 0 saturated carbocycles. The minimum absolute atomic E-state index is 0.140. The van der Waals surface area contributed by atoms with Gasteiger partial charge in [0.1, 0.15) is 0 Å². The first-order chi connectivity index (χ1) is 12.6. The van der Waals surface area contributed by atoms with Crippen molar-refractivity contribution in [2.75, 3.05) is 0 Å². The maximum absolute atomic E-state index is 4.88. The Morgan fingerprint density at radius 1 is 0.852 bits per heavy atom. The molecule has 0 radical (unpaired) electrons. The van der Waals surface area contributed by atoms with E-state index in [9.17, 15) is 0 Å². The average Bonchev–Trinajstić information content (AvgIpc) is 2.61. The lowest BCUT2D eigenvalue weighted by Crippen LogP contribution is -2.40. The molecule has 140 valence electrons. The molecular weight excluding hydrogens is 342 g/mol. The fraction of sp³-hybridized carbons (Fsp3) is 0.320. The van der Waals surface area contributed by atoms with Crippen LogP contribution in [0.15, 0.2) is 66.9 Å². The molecule has 3 rings (SSSR count). The van der Waals surface area contributed by atoms with Gasteiger partial charge in [-0.3, -0.25) is 4.98 Å². The van der Waals surface area contributed by atoms with Gasteiger partial charge < -0.3 is 0 Å². The van der Waals surface area contributed by atoms with Gasteiger partial charge >= 0.3 is 0 Å². The van der Waals surface area contributed by atoms with Gasteiger partial charge in [-0.1, -0.05) is 88.9 Å². The first-order valence-corrected chi connectivity index (χ1v) is 13.3. The second kappa shape index (κ2) is 7.44. The largest absolute Gasteiger partial charge is 0.256 e. The van der Waals surface area contributed by atoms with Crippen LogP contribution < -0.4 is 5.19 Å². The zero-order chi connectivity index (χ0) is 19.7. The topological polar surface area (TPSA) is 12.9 Å². The molecule has 3 aromatic rings.